The van der Waals surface area contributed by atoms with E-state index >= 15 is 0 Å². The van der Waals surface area contributed by atoms with Crippen molar-refractivity contribution in [2.24, 2.45) is 5.73 Å². The molecular formula is C15H21N3O4S. The van der Waals surface area contributed by atoms with Gasteiger partial charge in [0.25, 0.3) is 11.8 Å². The summed E-state index contributed by atoms with van der Waals surface area (Å²) in [6.07, 6.45) is 1.66. The van der Waals surface area contributed by atoms with E-state index in [1.807, 2.05) is 0 Å². The molecule has 0 unspecified atom stereocenters. The lowest BCUT2D eigenvalue weighted by atomic mass is 10.1. The SMILES string of the molecule is NCCCCNS(=O)(=O)CCCN1C(=O)c2ccccc2C1=O. The van der Waals surface area contributed by atoms with Crippen LogP contribution < -0.4 is 10.5 Å². The first-order chi connectivity index (χ1) is 11.0. The Bertz CT molecular complexity index is 653. The van der Waals surface area contributed by atoms with Gasteiger partial charge in [0.15, 0.2) is 0 Å². The van der Waals surface area contributed by atoms with Gasteiger partial charge in [-0.15, -0.1) is 0 Å². The van der Waals surface area contributed by atoms with Crippen molar-refractivity contribution in [1.82, 2.24) is 9.62 Å². The summed E-state index contributed by atoms with van der Waals surface area (Å²) in [6, 6.07) is 6.60. The molecular weight excluding hydrogens is 318 g/mol. The minimum atomic E-state index is -3.40. The van der Waals surface area contributed by atoms with Gasteiger partial charge in [0, 0.05) is 13.1 Å². The second-order valence-electron chi connectivity index (χ2n) is 5.37. The summed E-state index contributed by atoms with van der Waals surface area (Å²) in [7, 11) is -3.40. The number of rotatable bonds is 9. The highest BCUT2D eigenvalue weighted by molar-refractivity contribution is 7.89. The maximum atomic E-state index is 12.1. The Labute approximate surface area is 135 Å². The molecule has 0 bridgehead atoms. The standard InChI is InChI=1S/C15H21N3O4S/c16-8-3-4-9-17-23(21,22)11-5-10-18-14(19)12-6-1-2-7-13(12)15(18)20/h1-2,6-7,17H,3-5,8-11,16H2. The smallest absolute Gasteiger partial charge is 0.261 e. The summed E-state index contributed by atoms with van der Waals surface area (Å²) in [6.45, 7) is 0.976. The van der Waals surface area contributed by atoms with Gasteiger partial charge < -0.3 is 5.73 Å². The topological polar surface area (TPSA) is 110 Å². The van der Waals surface area contributed by atoms with Crippen LogP contribution in [-0.4, -0.2) is 50.5 Å². The van der Waals surface area contributed by atoms with Crippen molar-refractivity contribution in [3.63, 3.8) is 0 Å². The van der Waals surface area contributed by atoms with Gasteiger partial charge in [-0.2, -0.15) is 0 Å². The van der Waals surface area contributed by atoms with Gasteiger partial charge in [-0.25, -0.2) is 13.1 Å². The number of benzene rings is 1. The van der Waals surface area contributed by atoms with Crippen molar-refractivity contribution in [1.29, 1.82) is 0 Å². The van der Waals surface area contributed by atoms with E-state index in [1.54, 1.807) is 24.3 Å². The van der Waals surface area contributed by atoms with E-state index in [-0.39, 0.29) is 30.5 Å². The Balaban J connectivity index is 1.83. The fourth-order valence-corrected chi connectivity index (χ4v) is 3.53. The summed E-state index contributed by atoms with van der Waals surface area (Å²) in [5.74, 6) is -0.846. The van der Waals surface area contributed by atoms with E-state index in [4.69, 9.17) is 5.73 Å². The number of imide groups is 1. The van der Waals surface area contributed by atoms with Crippen LogP contribution in [0.5, 0.6) is 0 Å². The number of nitrogens with two attached hydrogens (primary N) is 1. The van der Waals surface area contributed by atoms with Crippen LogP contribution in [0.1, 0.15) is 40.0 Å². The van der Waals surface area contributed by atoms with E-state index in [2.05, 4.69) is 4.72 Å². The zero-order chi connectivity index (χ0) is 16.9. The third kappa shape index (κ3) is 4.37. The molecule has 0 spiro atoms. The average Bonchev–Trinajstić information content (AvgIpc) is 2.77. The highest BCUT2D eigenvalue weighted by atomic mass is 32.2. The molecule has 1 aromatic carbocycles. The number of sulfonamides is 1. The predicted molar refractivity (Wildman–Crippen MR) is 86.5 cm³/mol. The highest BCUT2D eigenvalue weighted by Gasteiger charge is 2.34. The van der Waals surface area contributed by atoms with Gasteiger partial charge in [0.05, 0.1) is 16.9 Å². The third-order valence-electron chi connectivity index (χ3n) is 3.63. The lowest BCUT2D eigenvalue weighted by Gasteiger charge is -2.13. The molecule has 23 heavy (non-hydrogen) atoms. The molecule has 126 valence electrons. The van der Waals surface area contributed by atoms with Crippen molar-refractivity contribution in [2.45, 2.75) is 19.3 Å². The summed E-state index contributed by atoms with van der Waals surface area (Å²) < 4.78 is 26.1. The number of carbonyl (C=O) groups excluding carboxylic acids is 2. The van der Waals surface area contributed by atoms with Crippen LogP contribution in [0.2, 0.25) is 0 Å². The molecule has 1 aliphatic heterocycles. The summed E-state index contributed by atoms with van der Waals surface area (Å²) in [5.41, 5.74) is 6.09. The van der Waals surface area contributed by atoms with Crippen molar-refractivity contribution in [3.8, 4) is 0 Å². The molecule has 0 radical (unpaired) electrons. The quantitative estimate of drug-likeness (QED) is 0.498. The third-order valence-corrected chi connectivity index (χ3v) is 5.10. The first-order valence-corrected chi connectivity index (χ1v) is 9.24. The minimum Gasteiger partial charge on any atom is -0.330 e. The first kappa shape index (κ1) is 17.6. The molecule has 7 nitrogen and oxygen atoms in total. The van der Waals surface area contributed by atoms with E-state index < -0.39 is 10.0 Å². The molecule has 8 heteroatoms. The minimum absolute atomic E-state index is 0.0933. The van der Waals surface area contributed by atoms with E-state index in [1.165, 1.54) is 0 Å². The predicted octanol–water partition coefficient (Wildman–Crippen LogP) is 0.331. The second kappa shape index (κ2) is 7.67. The Morgan fingerprint density at radius 2 is 1.61 bits per heavy atom. The van der Waals surface area contributed by atoms with Crippen LogP contribution in [0.25, 0.3) is 0 Å². The van der Waals surface area contributed by atoms with Crippen LogP contribution >= 0.6 is 0 Å². The van der Waals surface area contributed by atoms with Gasteiger partial charge in [-0.1, -0.05) is 12.1 Å². The fraction of sp³-hybridized carbons (Fsp3) is 0.467. The molecule has 1 aromatic rings. The number of fused-ring (bicyclic) bond motifs is 1. The zero-order valence-corrected chi connectivity index (χ0v) is 13.6. The molecule has 0 saturated carbocycles. The summed E-state index contributed by atoms with van der Waals surface area (Å²) in [5, 5.41) is 0. The Hall–Kier alpha value is -1.77. The van der Waals surface area contributed by atoms with Crippen LogP contribution in [0.3, 0.4) is 0 Å². The number of nitrogens with one attached hydrogen (secondary N) is 1. The molecule has 2 amide bonds. The van der Waals surface area contributed by atoms with E-state index in [9.17, 15) is 18.0 Å². The van der Waals surface area contributed by atoms with E-state index in [0.717, 1.165) is 11.3 Å². The van der Waals surface area contributed by atoms with Crippen molar-refractivity contribution in [3.05, 3.63) is 35.4 Å². The summed E-state index contributed by atoms with van der Waals surface area (Å²) >= 11 is 0. The molecule has 3 N–H and O–H groups in total. The molecule has 0 atom stereocenters. The maximum Gasteiger partial charge on any atom is 0.261 e. The average molecular weight is 339 g/mol. The molecule has 0 aromatic heterocycles. The molecule has 0 aliphatic carbocycles. The molecule has 0 fully saturated rings. The number of nitrogens with zero attached hydrogens (tertiary/aromatic N) is 1. The van der Waals surface area contributed by atoms with Gasteiger partial charge in [-0.3, -0.25) is 14.5 Å². The Morgan fingerprint density at radius 3 is 2.17 bits per heavy atom. The number of hydrogen-bond acceptors (Lipinski definition) is 5. The van der Waals surface area contributed by atoms with Gasteiger partial charge in [0.1, 0.15) is 0 Å². The van der Waals surface area contributed by atoms with Crippen LogP contribution in [-0.2, 0) is 10.0 Å². The normalized spacial score (nSPS) is 14.4. The van der Waals surface area contributed by atoms with Crippen LogP contribution in [0.4, 0.5) is 0 Å². The Kier molecular flexibility index (Phi) is 5.86. The number of unbranched alkanes of at least 4 members (excludes halogenated alkanes) is 1. The first-order valence-electron chi connectivity index (χ1n) is 7.59. The monoisotopic (exact) mass is 339 g/mol. The van der Waals surface area contributed by atoms with Gasteiger partial charge in [-0.05, 0) is 37.9 Å². The van der Waals surface area contributed by atoms with Gasteiger partial charge in [0.2, 0.25) is 10.0 Å². The zero-order valence-electron chi connectivity index (χ0n) is 12.8. The van der Waals surface area contributed by atoms with E-state index in [0.29, 0.717) is 30.6 Å². The Morgan fingerprint density at radius 1 is 1.00 bits per heavy atom. The fourth-order valence-electron chi connectivity index (χ4n) is 2.42. The largest absolute Gasteiger partial charge is 0.330 e. The van der Waals surface area contributed by atoms with Crippen molar-refractivity contribution < 1.29 is 18.0 Å². The lowest BCUT2D eigenvalue weighted by molar-refractivity contribution is 0.0654. The summed E-state index contributed by atoms with van der Waals surface area (Å²) in [4.78, 5) is 25.4. The number of hydrogen-bond donors (Lipinski definition) is 2. The number of amides is 2. The van der Waals surface area contributed by atoms with Crippen LogP contribution in [0, 0.1) is 0 Å². The van der Waals surface area contributed by atoms with Crippen molar-refractivity contribution in [2.75, 3.05) is 25.4 Å². The maximum absolute atomic E-state index is 12.1. The molecule has 2 rings (SSSR count). The molecule has 0 saturated heterocycles. The van der Waals surface area contributed by atoms with Crippen molar-refractivity contribution >= 4 is 21.8 Å². The lowest BCUT2D eigenvalue weighted by Crippen LogP contribution is -2.33. The highest BCUT2D eigenvalue weighted by Crippen LogP contribution is 2.22. The molecule has 1 heterocycles. The number of carbonyl (C=O) groups is 2. The van der Waals surface area contributed by atoms with Crippen LogP contribution in [0.15, 0.2) is 24.3 Å². The molecule has 1 aliphatic rings. The second-order valence-corrected chi connectivity index (χ2v) is 7.30. The van der Waals surface area contributed by atoms with Gasteiger partial charge >= 0.3 is 0 Å².